The van der Waals surface area contributed by atoms with E-state index >= 15 is 0 Å². The largest absolute Gasteiger partial charge is 0.353 e. The minimum Gasteiger partial charge on any atom is -0.353 e. The Morgan fingerprint density at radius 2 is 2.05 bits per heavy atom. The number of carbonyl (C=O) groups excluding carboxylic acids is 1. The molecule has 1 aliphatic heterocycles. The van der Waals surface area contributed by atoms with Crippen molar-refractivity contribution < 1.29 is 4.79 Å². The van der Waals surface area contributed by atoms with Gasteiger partial charge in [-0.1, -0.05) is 30.3 Å². The molecular formula is C14H17N5O2. The zero-order chi connectivity index (χ0) is 14.8. The number of nitrogens with one attached hydrogen (secondary N) is 2. The van der Waals surface area contributed by atoms with E-state index in [1.165, 1.54) is 4.68 Å². The van der Waals surface area contributed by atoms with Crippen LogP contribution in [0.4, 0.5) is 0 Å². The minimum absolute atomic E-state index is 0.0135. The number of carbonyl (C=O) groups is 1. The van der Waals surface area contributed by atoms with E-state index in [2.05, 4.69) is 15.4 Å². The van der Waals surface area contributed by atoms with Crippen molar-refractivity contribution in [3.8, 4) is 0 Å². The van der Waals surface area contributed by atoms with Gasteiger partial charge in [0.15, 0.2) is 0 Å². The van der Waals surface area contributed by atoms with Crippen LogP contribution in [0.5, 0.6) is 0 Å². The number of benzene rings is 1. The highest BCUT2D eigenvalue weighted by Gasteiger charge is 2.28. The number of aryl methyl sites for hydroxylation is 1. The van der Waals surface area contributed by atoms with E-state index in [0.29, 0.717) is 18.9 Å². The number of H-pyrrole nitrogens is 1. The molecule has 0 aliphatic carbocycles. The van der Waals surface area contributed by atoms with Gasteiger partial charge >= 0.3 is 5.69 Å². The highest BCUT2D eigenvalue weighted by molar-refractivity contribution is 5.79. The molecule has 0 radical (unpaired) electrons. The predicted octanol–water partition coefficient (Wildman–Crippen LogP) is -0.218. The van der Waals surface area contributed by atoms with E-state index < -0.39 is 0 Å². The van der Waals surface area contributed by atoms with Gasteiger partial charge in [-0.2, -0.15) is 5.10 Å². The molecule has 0 saturated carbocycles. The molecule has 7 heteroatoms. The van der Waals surface area contributed by atoms with Gasteiger partial charge in [0, 0.05) is 13.6 Å². The Hall–Kier alpha value is -2.41. The van der Waals surface area contributed by atoms with Crippen LogP contribution in [-0.4, -0.2) is 38.7 Å². The average molecular weight is 287 g/mol. The average Bonchev–Trinajstić information content (AvgIpc) is 2.78. The molecule has 110 valence electrons. The second-order valence-corrected chi connectivity index (χ2v) is 5.14. The highest BCUT2D eigenvalue weighted by Crippen LogP contribution is 2.23. The van der Waals surface area contributed by atoms with Crippen molar-refractivity contribution in [3.63, 3.8) is 0 Å². The predicted molar refractivity (Wildman–Crippen MR) is 76.4 cm³/mol. The van der Waals surface area contributed by atoms with Crippen LogP contribution >= 0.6 is 0 Å². The highest BCUT2D eigenvalue weighted by atomic mass is 16.2. The molecular weight excluding hydrogens is 270 g/mol. The summed E-state index contributed by atoms with van der Waals surface area (Å²) in [6.07, 6.45) is 0. The third kappa shape index (κ3) is 2.87. The van der Waals surface area contributed by atoms with Gasteiger partial charge in [0.2, 0.25) is 5.91 Å². The molecule has 7 nitrogen and oxygen atoms in total. The first kappa shape index (κ1) is 13.6. The van der Waals surface area contributed by atoms with Gasteiger partial charge in [-0.25, -0.2) is 9.48 Å². The fraction of sp³-hybridized carbons (Fsp3) is 0.357. The maximum absolute atomic E-state index is 11.7. The van der Waals surface area contributed by atoms with Gasteiger partial charge in [0.1, 0.15) is 5.82 Å². The lowest BCUT2D eigenvalue weighted by Crippen LogP contribution is -2.49. The minimum atomic E-state index is -0.247. The zero-order valence-electron chi connectivity index (χ0n) is 11.7. The first-order valence-corrected chi connectivity index (χ1v) is 6.81. The molecule has 1 aliphatic rings. The maximum Gasteiger partial charge on any atom is 0.343 e. The van der Waals surface area contributed by atoms with Crippen molar-refractivity contribution in [1.29, 1.82) is 0 Å². The molecule has 2 heterocycles. The maximum atomic E-state index is 11.7. The molecule has 1 aromatic heterocycles. The topological polar surface area (TPSA) is 83.0 Å². The summed E-state index contributed by atoms with van der Waals surface area (Å²) >= 11 is 0. The van der Waals surface area contributed by atoms with E-state index in [9.17, 15) is 9.59 Å². The summed E-state index contributed by atoms with van der Waals surface area (Å²) in [5, 5.41) is 7.02. The molecule has 2 aromatic rings. The first-order valence-electron chi connectivity index (χ1n) is 6.81. The fourth-order valence-electron chi connectivity index (χ4n) is 2.58. The van der Waals surface area contributed by atoms with Gasteiger partial charge in [0.05, 0.1) is 19.1 Å². The number of aromatic amines is 1. The second kappa shape index (κ2) is 5.53. The summed E-state index contributed by atoms with van der Waals surface area (Å²) in [5.41, 5.74) is 0.888. The van der Waals surface area contributed by atoms with Gasteiger partial charge in [-0.3, -0.25) is 14.7 Å². The number of hydrogen-bond acceptors (Lipinski definition) is 4. The van der Waals surface area contributed by atoms with Crippen molar-refractivity contribution >= 4 is 5.91 Å². The smallest absolute Gasteiger partial charge is 0.343 e. The standard InChI is InChI=1S/C14H17N5O2/c1-18-14(21)16-12(17-18)8-19-9-13(20)15-7-11(19)10-5-3-2-4-6-10/h2-6,11H,7-9H2,1H3,(H,15,20)(H,16,17,21). The molecule has 0 bridgehead atoms. The van der Waals surface area contributed by atoms with E-state index in [1.54, 1.807) is 7.05 Å². The first-order chi connectivity index (χ1) is 10.1. The van der Waals surface area contributed by atoms with Crippen LogP contribution in [-0.2, 0) is 18.4 Å². The quantitative estimate of drug-likeness (QED) is 0.817. The summed E-state index contributed by atoms with van der Waals surface area (Å²) < 4.78 is 1.26. The molecule has 1 unspecified atom stereocenters. The van der Waals surface area contributed by atoms with E-state index in [0.717, 1.165) is 5.56 Å². The Balaban J connectivity index is 1.84. The van der Waals surface area contributed by atoms with E-state index in [-0.39, 0.29) is 24.2 Å². The van der Waals surface area contributed by atoms with Crippen molar-refractivity contribution in [1.82, 2.24) is 25.0 Å². The monoisotopic (exact) mass is 287 g/mol. The molecule has 2 N–H and O–H groups in total. The number of rotatable bonds is 3. The van der Waals surface area contributed by atoms with Crippen molar-refractivity contribution in [3.05, 3.63) is 52.2 Å². The molecule has 0 spiro atoms. The molecule has 3 rings (SSSR count). The van der Waals surface area contributed by atoms with Crippen molar-refractivity contribution in [2.24, 2.45) is 7.05 Å². The van der Waals surface area contributed by atoms with Crippen LogP contribution < -0.4 is 11.0 Å². The lowest BCUT2D eigenvalue weighted by atomic mass is 10.0. The van der Waals surface area contributed by atoms with Gasteiger partial charge in [-0.05, 0) is 5.56 Å². The van der Waals surface area contributed by atoms with Gasteiger partial charge in [-0.15, -0.1) is 0 Å². The normalized spacial score (nSPS) is 19.5. The number of nitrogens with zero attached hydrogens (tertiary/aromatic N) is 3. The van der Waals surface area contributed by atoms with Gasteiger partial charge in [0.25, 0.3) is 0 Å². The summed E-state index contributed by atoms with van der Waals surface area (Å²) in [4.78, 5) is 27.8. The molecule has 1 amide bonds. The lowest BCUT2D eigenvalue weighted by molar-refractivity contribution is -0.125. The van der Waals surface area contributed by atoms with Crippen LogP contribution in [0.2, 0.25) is 0 Å². The summed E-state index contributed by atoms with van der Waals surface area (Å²) in [6.45, 7) is 1.28. The molecule has 1 saturated heterocycles. The Kier molecular flexibility index (Phi) is 3.57. The number of amides is 1. The van der Waals surface area contributed by atoms with Gasteiger partial charge < -0.3 is 5.32 Å². The molecule has 1 fully saturated rings. The molecule has 21 heavy (non-hydrogen) atoms. The second-order valence-electron chi connectivity index (χ2n) is 5.14. The molecule has 1 aromatic carbocycles. The van der Waals surface area contributed by atoms with Crippen molar-refractivity contribution in [2.45, 2.75) is 12.6 Å². The third-order valence-corrected chi connectivity index (χ3v) is 3.63. The SMILES string of the molecule is Cn1nc(CN2CC(=O)NCC2c2ccccc2)[nH]c1=O. The summed E-state index contributed by atoms with van der Waals surface area (Å²) in [5.74, 6) is 0.554. The van der Waals surface area contributed by atoms with Crippen LogP contribution in [0.3, 0.4) is 0 Å². The van der Waals surface area contributed by atoms with Crippen LogP contribution in [0.1, 0.15) is 17.4 Å². The third-order valence-electron chi connectivity index (χ3n) is 3.63. The Labute approximate surface area is 121 Å². The Morgan fingerprint density at radius 1 is 1.29 bits per heavy atom. The molecule has 1 atom stereocenters. The van der Waals surface area contributed by atoms with Crippen LogP contribution in [0, 0.1) is 0 Å². The number of piperazine rings is 1. The lowest BCUT2D eigenvalue weighted by Gasteiger charge is -2.35. The fourth-order valence-corrected chi connectivity index (χ4v) is 2.58. The summed E-state index contributed by atoms with van der Waals surface area (Å²) in [7, 11) is 1.60. The zero-order valence-corrected chi connectivity index (χ0v) is 11.7. The summed E-state index contributed by atoms with van der Waals surface area (Å²) in [6, 6.07) is 10.1. The van der Waals surface area contributed by atoms with E-state index in [4.69, 9.17) is 0 Å². The Morgan fingerprint density at radius 3 is 2.71 bits per heavy atom. The number of hydrogen-bond donors (Lipinski definition) is 2. The van der Waals surface area contributed by atoms with Crippen molar-refractivity contribution in [2.75, 3.05) is 13.1 Å². The number of aromatic nitrogens is 3. The van der Waals surface area contributed by atoms with Crippen LogP contribution in [0.25, 0.3) is 0 Å². The van der Waals surface area contributed by atoms with Crippen LogP contribution in [0.15, 0.2) is 35.1 Å². The Bertz CT molecular complexity index is 691. The van der Waals surface area contributed by atoms with E-state index in [1.807, 2.05) is 35.2 Å².